The zero-order valence-electron chi connectivity index (χ0n) is 11.9. The maximum atomic E-state index is 12.2. The van der Waals surface area contributed by atoms with Gasteiger partial charge in [-0.05, 0) is 11.8 Å². The second kappa shape index (κ2) is 6.36. The first-order valence-corrected chi connectivity index (χ1v) is 6.44. The molecule has 0 saturated heterocycles. The van der Waals surface area contributed by atoms with Crippen LogP contribution in [0.25, 0.3) is 0 Å². The summed E-state index contributed by atoms with van der Waals surface area (Å²) in [6.07, 6.45) is 3.19. The standard InChI is InChI=1S/C13H22N4O2/c1-8(2)7-17-6-5-15-12(13(17)19)16-10(9(3)4)11(14)18/h5-6,8-10H,7H2,1-4H3,(H2,14,18)(H,15,16). The van der Waals surface area contributed by atoms with Crippen LogP contribution in [0.2, 0.25) is 0 Å². The number of anilines is 1. The van der Waals surface area contributed by atoms with Crippen LogP contribution in [0.4, 0.5) is 5.82 Å². The molecule has 0 saturated carbocycles. The van der Waals surface area contributed by atoms with Gasteiger partial charge in [-0.2, -0.15) is 0 Å². The number of carbonyl (C=O) groups excluding carboxylic acids is 1. The number of rotatable bonds is 6. The lowest BCUT2D eigenvalue weighted by atomic mass is 10.0. The van der Waals surface area contributed by atoms with Gasteiger partial charge in [0.1, 0.15) is 6.04 Å². The van der Waals surface area contributed by atoms with Crippen molar-refractivity contribution in [3.8, 4) is 0 Å². The minimum absolute atomic E-state index is 0.0162. The molecule has 1 amide bonds. The molecule has 106 valence electrons. The Hall–Kier alpha value is -1.85. The molecule has 1 atom stereocenters. The van der Waals surface area contributed by atoms with E-state index >= 15 is 0 Å². The number of primary amides is 1. The SMILES string of the molecule is CC(C)Cn1ccnc(NC(C(N)=O)C(C)C)c1=O. The summed E-state index contributed by atoms with van der Waals surface area (Å²) in [6.45, 7) is 8.38. The minimum Gasteiger partial charge on any atom is -0.368 e. The molecule has 3 N–H and O–H groups in total. The Morgan fingerprint density at radius 3 is 2.53 bits per heavy atom. The molecule has 0 fully saturated rings. The van der Waals surface area contributed by atoms with E-state index in [0.717, 1.165) is 0 Å². The van der Waals surface area contributed by atoms with Gasteiger partial charge in [-0.1, -0.05) is 27.7 Å². The van der Waals surface area contributed by atoms with Crippen molar-refractivity contribution in [2.24, 2.45) is 17.6 Å². The van der Waals surface area contributed by atoms with Gasteiger partial charge in [0.05, 0.1) is 0 Å². The summed E-state index contributed by atoms with van der Waals surface area (Å²) in [4.78, 5) is 27.5. The van der Waals surface area contributed by atoms with Gasteiger partial charge in [-0.25, -0.2) is 4.98 Å². The number of amides is 1. The Kier molecular flexibility index (Phi) is 5.09. The van der Waals surface area contributed by atoms with Crippen molar-refractivity contribution < 1.29 is 4.79 Å². The van der Waals surface area contributed by atoms with E-state index in [2.05, 4.69) is 10.3 Å². The number of aromatic nitrogens is 2. The van der Waals surface area contributed by atoms with Crippen LogP contribution in [-0.4, -0.2) is 21.5 Å². The summed E-state index contributed by atoms with van der Waals surface area (Å²) < 4.78 is 1.58. The van der Waals surface area contributed by atoms with Gasteiger partial charge in [-0.15, -0.1) is 0 Å². The molecule has 6 heteroatoms. The quantitative estimate of drug-likeness (QED) is 0.797. The molecule has 0 bridgehead atoms. The van der Waals surface area contributed by atoms with E-state index < -0.39 is 11.9 Å². The van der Waals surface area contributed by atoms with Crippen molar-refractivity contribution in [2.45, 2.75) is 40.3 Å². The van der Waals surface area contributed by atoms with E-state index in [9.17, 15) is 9.59 Å². The van der Waals surface area contributed by atoms with Crippen LogP contribution < -0.4 is 16.6 Å². The molecular formula is C13H22N4O2. The molecule has 6 nitrogen and oxygen atoms in total. The fraction of sp³-hybridized carbons (Fsp3) is 0.615. The maximum absolute atomic E-state index is 12.2. The minimum atomic E-state index is -0.602. The third-order valence-corrected chi connectivity index (χ3v) is 2.74. The molecule has 1 aromatic rings. The topological polar surface area (TPSA) is 90.0 Å². The van der Waals surface area contributed by atoms with Gasteiger partial charge in [0.2, 0.25) is 5.91 Å². The van der Waals surface area contributed by atoms with Crippen molar-refractivity contribution in [1.29, 1.82) is 0 Å². The normalized spacial score (nSPS) is 12.7. The number of carbonyl (C=O) groups is 1. The Labute approximate surface area is 113 Å². The number of nitrogens with one attached hydrogen (secondary N) is 1. The summed E-state index contributed by atoms with van der Waals surface area (Å²) in [5.41, 5.74) is 5.08. The van der Waals surface area contributed by atoms with Crippen LogP contribution >= 0.6 is 0 Å². The van der Waals surface area contributed by atoms with Crippen molar-refractivity contribution in [3.63, 3.8) is 0 Å². The van der Waals surface area contributed by atoms with Crippen LogP contribution in [0.1, 0.15) is 27.7 Å². The lowest BCUT2D eigenvalue weighted by Gasteiger charge is -2.19. The van der Waals surface area contributed by atoms with Crippen molar-refractivity contribution in [3.05, 3.63) is 22.7 Å². The lowest BCUT2D eigenvalue weighted by molar-refractivity contribution is -0.119. The molecule has 1 rings (SSSR count). The van der Waals surface area contributed by atoms with Crippen molar-refractivity contribution in [2.75, 3.05) is 5.32 Å². The van der Waals surface area contributed by atoms with E-state index in [0.29, 0.717) is 12.5 Å². The smallest absolute Gasteiger partial charge is 0.293 e. The van der Waals surface area contributed by atoms with Gasteiger partial charge < -0.3 is 15.6 Å². The molecular weight excluding hydrogens is 244 g/mol. The van der Waals surface area contributed by atoms with E-state index in [1.807, 2.05) is 27.7 Å². The predicted octanol–water partition coefficient (Wildman–Crippen LogP) is 0.821. The number of nitrogens with zero attached hydrogens (tertiary/aromatic N) is 2. The molecule has 19 heavy (non-hydrogen) atoms. The molecule has 0 aromatic carbocycles. The fourth-order valence-corrected chi connectivity index (χ4v) is 1.80. The molecule has 0 radical (unpaired) electrons. The largest absolute Gasteiger partial charge is 0.368 e. The predicted molar refractivity (Wildman–Crippen MR) is 74.8 cm³/mol. The van der Waals surface area contributed by atoms with Crippen LogP contribution in [0.15, 0.2) is 17.2 Å². The van der Waals surface area contributed by atoms with E-state index in [-0.39, 0.29) is 17.3 Å². The zero-order chi connectivity index (χ0) is 14.6. The summed E-state index contributed by atoms with van der Waals surface area (Å²) in [5.74, 6) is 0.0125. The number of hydrogen-bond acceptors (Lipinski definition) is 4. The first-order valence-electron chi connectivity index (χ1n) is 6.44. The molecule has 1 unspecified atom stereocenters. The molecule has 1 heterocycles. The number of nitrogens with two attached hydrogens (primary N) is 1. The van der Waals surface area contributed by atoms with Crippen molar-refractivity contribution >= 4 is 11.7 Å². The average molecular weight is 266 g/mol. The first-order chi connectivity index (χ1) is 8.82. The lowest BCUT2D eigenvalue weighted by Crippen LogP contribution is -2.42. The Morgan fingerprint density at radius 1 is 1.42 bits per heavy atom. The van der Waals surface area contributed by atoms with Gasteiger partial charge in [0.25, 0.3) is 5.56 Å². The van der Waals surface area contributed by atoms with Crippen LogP contribution in [-0.2, 0) is 11.3 Å². The zero-order valence-corrected chi connectivity index (χ0v) is 11.9. The highest BCUT2D eigenvalue weighted by atomic mass is 16.1. The van der Waals surface area contributed by atoms with Crippen LogP contribution in [0, 0.1) is 11.8 Å². The molecule has 0 spiro atoms. The van der Waals surface area contributed by atoms with Crippen molar-refractivity contribution in [1.82, 2.24) is 9.55 Å². The van der Waals surface area contributed by atoms with E-state index in [1.54, 1.807) is 17.0 Å². The highest BCUT2D eigenvalue weighted by Gasteiger charge is 2.21. The second-order valence-electron chi connectivity index (χ2n) is 5.40. The van der Waals surface area contributed by atoms with Crippen LogP contribution in [0.3, 0.4) is 0 Å². The van der Waals surface area contributed by atoms with E-state index in [1.165, 1.54) is 0 Å². The molecule has 0 aliphatic heterocycles. The highest BCUT2D eigenvalue weighted by molar-refractivity contribution is 5.82. The first kappa shape index (κ1) is 15.2. The monoisotopic (exact) mass is 266 g/mol. The maximum Gasteiger partial charge on any atom is 0.293 e. The Balaban J connectivity index is 3.01. The second-order valence-corrected chi connectivity index (χ2v) is 5.40. The third kappa shape index (κ3) is 4.08. The average Bonchev–Trinajstić information content (AvgIpc) is 2.28. The highest BCUT2D eigenvalue weighted by Crippen LogP contribution is 2.07. The van der Waals surface area contributed by atoms with Gasteiger partial charge in [0.15, 0.2) is 5.82 Å². The Bertz CT molecular complexity index is 494. The summed E-state index contributed by atoms with van der Waals surface area (Å²) >= 11 is 0. The number of hydrogen-bond donors (Lipinski definition) is 2. The van der Waals surface area contributed by atoms with Gasteiger partial charge in [-0.3, -0.25) is 9.59 Å². The van der Waals surface area contributed by atoms with Crippen LogP contribution in [0.5, 0.6) is 0 Å². The summed E-state index contributed by atoms with van der Waals surface area (Å²) in [7, 11) is 0. The molecule has 0 aliphatic rings. The third-order valence-electron chi connectivity index (χ3n) is 2.74. The van der Waals surface area contributed by atoms with Gasteiger partial charge in [0, 0.05) is 18.9 Å². The summed E-state index contributed by atoms with van der Waals surface area (Å²) in [6, 6.07) is -0.602. The summed E-state index contributed by atoms with van der Waals surface area (Å²) in [5, 5.41) is 2.84. The molecule has 1 aromatic heterocycles. The van der Waals surface area contributed by atoms with Gasteiger partial charge >= 0.3 is 0 Å². The van der Waals surface area contributed by atoms with E-state index in [4.69, 9.17) is 5.73 Å². The molecule has 0 aliphatic carbocycles. The Morgan fingerprint density at radius 2 is 2.05 bits per heavy atom. The fourth-order valence-electron chi connectivity index (χ4n) is 1.80.